The summed E-state index contributed by atoms with van der Waals surface area (Å²) in [5.74, 6) is 0.825. The van der Waals surface area contributed by atoms with Crippen LogP contribution in [0.3, 0.4) is 0 Å². The van der Waals surface area contributed by atoms with Crippen LogP contribution in [0.2, 0.25) is 0 Å². The van der Waals surface area contributed by atoms with Gasteiger partial charge in [0, 0.05) is 13.5 Å². The number of anilines is 2. The minimum atomic E-state index is -0.00284. The summed E-state index contributed by atoms with van der Waals surface area (Å²) < 4.78 is 5.17. The van der Waals surface area contributed by atoms with Crippen molar-refractivity contribution in [3.05, 3.63) is 40.8 Å². The van der Waals surface area contributed by atoms with Crippen molar-refractivity contribution in [1.29, 1.82) is 0 Å². The molecule has 1 aromatic carbocycles. The largest absolute Gasteiger partial charge is 0.497 e. The fourth-order valence-electron chi connectivity index (χ4n) is 1.74. The summed E-state index contributed by atoms with van der Waals surface area (Å²) in [4.78, 5) is 11.9. The van der Waals surface area contributed by atoms with Crippen LogP contribution in [0.5, 0.6) is 5.75 Å². The predicted molar refractivity (Wildman–Crippen MR) is 79.1 cm³/mol. The Bertz CT molecular complexity index is 593. The first kappa shape index (κ1) is 13.4. The number of nitrogens with two attached hydrogens (primary N) is 1. The number of rotatable bonds is 5. The molecule has 2 aromatic rings. The topological polar surface area (TPSA) is 64.3 Å². The van der Waals surface area contributed by atoms with E-state index < -0.39 is 0 Å². The molecule has 0 amide bonds. The lowest BCUT2D eigenvalue weighted by Crippen LogP contribution is -1.97. The Labute approximate surface area is 116 Å². The third kappa shape index (κ3) is 3.26. The van der Waals surface area contributed by atoms with E-state index in [0.29, 0.717) is 17.1 Å². The highest BCUT2D eigenvalue weighted by atomic mass is 32.1. The summed E-state index contributed by atoms with van der Waals surface area (Å²) in [5, 5.41) is 4.15. The number of thiophene rings is 1. The van der Waals surface area contributed by atoms with Crippen molar-refractivity contribution in [2.24, 2.45) is 0 Å². The number of ketones is 1. The monoisotopic (exact) mass is 276 g/mol. The van der Waals surface area contributed by atoms with Crippen LogP contribution in [0.4, 0.5) is 10.7 Å². The van der Waals surface area contributed by atoms with Gasteiger partial charge in [0.05, 0.1) is 22.7 Å². The number of hydrogen-bond donors (Lipinski definition) is 2. The van der Waals surface area contributed by atoms with Crippen LogP contribution in [0.25, 0.3) is 0 Å². The van der Waals surface area contributed by atoms with E-state index in [9.17, 15) is 4.79 Å². The molecule has 0 saturated carbocycles. The Balaban J connectivity index is 2.06. The zero-order valence-electron chi connectivity index (χ0n) is 10.9. The van der Waals surface area contributed by atoms with E-state index in [0.717, 1.165) is 16.3 Å². The Hall–Kier alpha value is -2.01. The smallest absolute Gasteiger partial charge is 0.171 e. The minimum absolute atomic E-state index is 0.00284. The van der Waals surface area contributed by atoms with Crippen molar-refractivity contribution in [2.45, 2.75) is 13.5 Å². The molecule has 2 rings (SSSR count). The van der Waals surface area contributed by atoms with Gasteiger partial charge in [-0.15, -0.1) is 11.3 Å². The number of ether oxygens (including phenoxy) is 1. The third-order valence-corrected chi connectivity index (χ3v) is 3.89. The van der Waals surface area contributed by atoms with Gasteiger partial charge in [-0.1, -0.05) is 12.1 Å². The number of Topliss-reactive ketones (excluding diaryl/α,β-unsaturated/α-hetero) is 1. The molecular weight excluding hydrogens is 260 g/mol. The van der Waals surface area contributed by atoms with Crippen molar-refractivity contribution in [3.8, 4) is 5.75 Å². The van der Waals surface area contributed by atoms with E-state index in [1.54, 1.807) is 13.2 Å². The number of nitrogen functional groups attached to an aromatic ring is 1. The van der Waals surface area contributed by atoms with Crippen molar-refractivity contribution in [1.82, 2.24) is 0 Å². The SMILES string of the molecule is COc1cccc(CNc2cc(N)c(C(C)=O)s2)c1. The highest BCUT2D eigenvalue weighted by molar-refractivity contribution is 7.18. The summed E-state index contributed by atoms with van der Waals surface area (Å²) in [6, 6.07) is 9.62. The Kier molecular flexibility index (Phi) is 4.06. The van der Waals surface area contributed by atoms with Crippen LogP contribution in [-0.2, 0) is 6.54 Å². The Morgan fingerprint density at radius 2 is 2.21 bits per heavy atom. The zero-order valence-corrected chi connectivity index (χ0v) is 11.7. The molecule has 5 heteroatoms. The number of carbonyl (C=O) groups excluding carboxylic acids is 1. The quantitative estimate of drug-likeness (QED) is 0.823. The van der Waals surface area contributed by atoms with Crippen LogP contribution >= 0.6 is 11.3 Å². The molecule has 100 valence electrons. The van der Waals surface area contributed by atoms with Crippen LogP contribution in [0.15, 0.2) is 30.3 Å². The third-order valence-electron chi connectivity index (χ3n) is 2.68. The fraction of sp³-hybridized carbons (Fsp3) is 0.214. The number of methoxy groups -OCH3 is 1. The van der Waals surface area contributed by atoms with Gasteiger partial charge in [-0.2, -0.15) is 0 Å². The standard InChI is InChI=1S/C14H16N2O2S/c1-9(17)14-12(15)7-13(19-14)16-8-10-4-3-5-11(6-10)18-2/h3-7,16H,8,15H2,1-2H3. The van der Waals surface area contributed by atoms with Crippen LogP contribution < -0.4 is 15.8 Å². The molecule has 0 saturated heterocycles. The van der Waals surface area contributed by atoms with Gasteiger partial charge < -0.3 is 15.8 Å². The maximum Gasteiger partial charge on any atom is 0.171 e. The van der Waals surface area contributed by atoms with Gasteiger partial charge in [0.1, 0.15) is 5.75 Å². The summed E-state index contributed by atoms with van der Waals surface area (Å²) >= 11 is 1.38. The van der Waals surface area contributed by atoms with Gasteiger partial charge in [0.2, 0.25) is 0 Å². The van der Waals surface area contributed by atoms with Gasteiger partial charge in [-0.05, 0) is 23.8 Å². The minimum Gasteiger partial charge on any atom is -0.497 e. The molecule has 0 fully saturated rings. The zero-order chi connectivity index (χ0) is 13.8. The van der Waals surface area contributed by atoms with Crippen LogP contribution in [0.1, 0.15) is 22.2 Å². The summed E-state index contributed by atoms with van der Waals surface area (Å²) in [7, 11) is 1.64. The van der Waals surface area contributed by atoms with Crippen molar-refractivity contribution in [2.75, 3.05) is 18.2 Å². The Morgan fingerprint density at radius 1 is 1.42 bits per heavy atom. The fourth-order valence-corrected chi connectivity index (χ4v) is 2.61. The highest BCUT2D eigenvalue weighted by Crippen LogP contribution is 2.29. The van der Waals surface area contributed by atoms with Crippen molar-refractivity contribution >= 4 is 27.8 Å². The van der Waals surface area contributed by atoms with Gasteiger partial charge in [-0.25, -0.2) is 0 Å². The molecule has 0 unspecified atom stereocenters. The van der Waals surface area contributed by atoms with Gasteiger partial charge in [0.15, 0.2) is 5.78 Å². The van der Waals surface area contributed by atoms with Crippen LogP contribution in [-0.4, -0.2) is 12.9 Å². The molecule has 3 N–H and O–H groups in total. The molecule has 0 aliphatic carbocycles. The van der Waals surface area contributed by atoms with Crippen molar-refractivity contribution < 1.29 is 9.53 Å². The number of nitrogens with one attached hydrogen (secondary N) is 1. The van der Waals surface area contributed by atoms with Gasteiger partial charge >= 0.3 is 0 Å². The van der Waals surface area contributed by atoms with Crippen LogP contribution in [0, 0.1) is 0 Å². The molecule has 1 heterocycles. The summed E-state index contributed by atoms with van der Waals surface area (Å²) in [6.45, 7) is 2.18. The second-order valence-corrected chi connectivity index (χ2v) is 5.21. The second kappa shape index (κ2) is 5.75. The highest BCUT2D eigenvalue weighted by Gasteiger charge is 2.10. The summed E-state index contributed by atoms with van der Waals surface area (Å²) in [5.41, 5.74) is 7.43. The summed E-state index contributed by atoms with van der Waals surface area (Å²) in [6.07, 6.45) is 0. The normalized spacial score (nSPS) is 10.2. The molecular formula is C14H16N2O2S. The maximum atomic E-state index is 11.3. The molecule has 0 spiro atoms. The molecule has 0 radical (unpaired) electrons. The molecule has 4 nitrogen and oxygen atoms in total. The molecule has 0 aliphatic rings. The van der Waals surface area contributed by atoms with E-state index in [2.05, 4.69) is 5.32 Å². The van der Waals surface area contributed by atoms with E-state index in [1.807, 2.05) is 24.3 Å². The van der Waals surface area contributed by atoms with E-state index in [1.165, 1.54) is 18.3 Å². The number of carbonyl (C=O) groups is 1. The first-order chi connectivity index (χ1) is 9.10. The predicted octanol–water partition coefficient (Wildman–Crippen LogP) is 3.15. The van der Waals surface area contributed by atoms with Crippen molar-refractivity contribution in [3.63, 3.8) is 0 Å². The average molecular weight is 276 g/mol. The average Bonchev–Trinajstić information content (AvgIpc) is 2.78. The van der Waals surface area contributed by atoms with Gasteiger partial charge in [0.25, 0.3) is 0 Å². The lowest BCUT2D eigenvalue weighted by molar-refractivity contribution is 0.102. The molecule has 1 aromatic heterocycles. The first-order valence-corrected chi connectivity index (χ1v) is 6.69. The lowest BCUT2D eigenvalue weighted by Gasteiger charge is -2.05. The lowest BCUT2D eigenvalue weighted by atomic mass is 10.2. The number of benzene rings is 1. The first-order valence-electron chi connectivity index (χ1n) is 5.87. The molecule has 0 aliphatic heterocycles. The second-order valence-electron chi connectivity index (χ2n) is 4.16. The van der Waals surface area contributed by atoms with E-state index in [-0.39, 0.29) is 5.78 Å². The Morgan fingerprint density at radius 3 is 2.84 bits per heavy atom. The maximum absolute atomic E-state index is 11.3. The van der Waals surface area contributed by atoms with Gasteiger partial charge in [-0.3, -0.25) is 4.79 Å². The van der Waals surface area contributed by atoms with E-state index in [4.69, 9.17) is 10.5 Å². The molecule has 0 bridgehead atoms. The van der Waals surface area contributed by atoms with E-state index >= 15 is 0 Å². The number of hydrogen-bond acceptors (Lipinski definition) is 5. The molecule has 19 heavy (non-hydrogen) atoms. The molecule has 0 atom stereocenters.